The zero-order valence-electron chi connectivity index (χ0n) is 8.47. The highest BCUT2D eigenvalue weighted by Gasteiger charge is 2.42. The maximum atomic E-state index is 2.66. The van der Waals surface area contributed by atoms with Crippen molar-refractivity contribution in [2.45, 2.75) is 52.0 Å². The summed E-state index contributed by atoms with van der Waals surface area (Å²) in [6.07, 6.45) is 7.47. The van der Waals surface area contributed by atoms with Crippen molar-refractivity contribution in [3.63, 3.8) is 0 Å². The Morgan fingerprint density at radius 2 is 2.00 bits per heavy atom. The van der Waals surface area contributed by atoms with Gasteiger partial charge in [0.05, 0.1) is 0 Å². The number of nitrogens with zero attached hydrogens (tertiary/aromatic N) is 1. The summed E-state index contributed by atoms with van der Waals surface area (Å²) in [6, 6.07) is 0.855. The van der Waals surface area contributed by atoms with E-state index < -0.39 is 0 Å². The summed E-state index contributed by atoms with van der Waals surface area (Å²) < 4.78 is 0. The first-order valence-corrected chi connectivity index (χ1v) is 5.50. The van der Waals surface area contributed by atoms with Crippen molar-refractivity contribution in [2.24, 2.45) is 5.41 Å². The van der Waals surface area contributed by atoms with Gasteiger partial charge in [0.1, 0.15) is 0 Å². The second kappa shape index (κ2) is 3.02. The minimum atomic E-state index is 0.759. The molecule has 1 atom stereocenters. The quantitative estimate of drug-likeness (QED) is 0.580. The van der Waals surface area contributed by atoms with Gasteiger partial charge in [0.25, 0.3) is 0 Å². The topological polar surface area (TPSA) is 3.24 Å². The number of rotatable bonds is 1. The first kappa shape index (κ1) is 8.55. The van der Waals surface area contributed by atoms with Crippen LogP contribution < -0.4 is 0 Å². The first-order valence-electron chi connectivity index (χ1n) is 5.50. The molecule has 1 aliphatic heterocycles. The normalized spacial score (nSPS) is 35.0. The molecule has 12 heavy (non-hydrogen) atoms. The summed E-state index contributed by atoms with van der Waals surface area (Å²) >= 11 is 0. The van der Waals surface area contributed by atoms with Crippen molar-refractivity contribution < 1.29 is 0 Å². The summed E-state index contributed by atoms with van der Waals surface area (Å²) in [5.74, 6) is 0. The van der Waals surface area contributed by atoms with Gasteiger partial charge >= 0.3 is 0 Å². The SMILES string of the molecule is CCN1CC2(CCCC2)C[C@H]1C. The van der Waals surface area contributed by atoms with E-state index >= 15 is 0 Å². The number of hydrogen-bond donors (Lipinski definition) is 0. The van der Waals surface area contributed by atoms with Gasteiger partial charge < -0.3 is 4.90 Å². The smallest absolute Gasteiger partial charge is 0.00728 e. The van der Waals surface area contributed by atoms with Crippen LogP contribution in [-0.2, 0) is 0 Å². The van der Waals surface area contributed by atoms with Gasteiger partial charge in [0.2, 0.25) is 0 Å². The van der Waals surface area contributed by atoms with E-state index in [1.165, 1.54) is 45.2 Å². The molecule has 2 aliphatic rings. The van der Waals surface area contributed by atoms with Crippen LogP contribution in [0.1, 0.15) is 46.0 Å². The lowest BCUT2D eigenvalue weighted by Gasteiger charge is -2.22. The van der Waals surface area contributed by atoms with Crippen LogP contribution >= 0.6 is 0 Å². The molecule has 0 unspecified atom stereocenters. The van der Waals surface area contributed by atoms with Crippen molar-refractivity contribution in [1.29, 1.82) is 0 Å². The van der Waals surface area contributed by atoms with Gasteiger partial charge in [-0.2, -0.15) is 0 Å². The molecule has 0 radical (unpaired) electrons. The highest BCUT2D eigenvalue weighted by molar-refractivity contribution is 4.96. The van der Waals surface area contributed by atoms with E-state index in [2.05, 4.69) is 18.7 Å². The van der Waals surface area contributed by atoms with Gasteiger partial charge in [-0.25, -0.2) is 0 Å². The van der Waals surface area contributed by atoms with Crippen LogP contribution in [-0.4, -0.2) is 24.0 Å². The third-order valence-corrected chi connectivity index (χ3v) is 3.96. The fourth-order valence-electron chi connectivity index (χ4n) is 3.32. The Morgan fingerprint density at radius 3 is 2.50 bits per heavy atom. The van der Waals surface area contributed by atoms with Crippen LogP contribution in [0.25, 0.3) is 0 Å². The summed E-state index contributed by atoms with van der Waals surface area (Å²) in [7, 11) is 0. The van der Waals surface area contributed by atoms with Gasteiger partial charge in [-0.3, -0.25) is 0 Å². The first-order chi connectivity index (χ1) is 5.76. The van der Waals surface area contributed by atoms with Crippen LogP contribution in [0, 0.1) is 5.41 Å². The molecule has 70 valence electrons. The van der Waals surface area contributed by atoms with Gasteiger partial charge in [-0.15, -0.1) is 0 Å². The summed E-state index contributed by atoms with van der Waals surface area (Å²) in [4.78, 5) is 2.66. The van der Waals surface area contributed by atoms with Crippen LogP contribution in [0.2, 0.25) is 0 Å². The molecule has 2 rings (SSSR count). The van der Waals surface area contributed by atoms with E-state index in [-0.39, 0.29) is 0 Å². The maximum Gasteiger partial charge on any atom is 0.00728 e. The van der Waals surface area contributed by atoms with Crippen molar-refractivity contribution >= 4 is 0 Å². The molecule has 1 spiro atoms. The number of likely N-dealkylation sites (tertiary alicyclic amines) is 1. The highest BCUT2D eigenvalue weighted by Crippen LogP contribution is 2.47. The zero-order valence-corrected chi connectivity index (χ0v) is 8.47. The van der Waals surface area contributed by atoms with Crippen LogP contribution in [0.4, 0.5) is 0 Å². The minimum absolute atomic E-state index is 0.759. The van der Waals surface area contributed by atoms with Crippen molar-refractivity contribution in [3.05, 3.63) is 0 Å². The van der Waals surface area contributed by atoms with Crippen molar-refractivity contribution in [2.75, 3.05) is 13.1 Å². The second-order valence-electron chi connectivity index (χ2n) is 4.82. The fraction of sp³-hybridized carbons (Fsp3) is 1.00. The minimum Gasteiger partial charge on any atom is -0.300 e. The standard InChI is InChI=1S/C11H21N/c1-3-12-9-11(8-10(12)2)6-4-5-7-11/h10H,3-9H2,1-2H3/t10-/m1/s1. The third-order valence-electron chi connectivity index (χ3n) is 3.96. The van der Waals surface area contributed by atoms with Gasteiger partial charge in [0.15, 0.2) is 0 Å². The predicted octanol–water partition coefficient (Wildman–Crippen LogP) is 2.66. The molecule has 2 fully saturated rings. The van der Waals surface area contributed by atoms with Crippen molar-refractivity contribution in [1.82, 2.24) is 4.90 Å². The molecule has 1 saturated heterocycles. The Bertz CT molecular complexity index is 158. The average Bonchev–Trinajstić information content (AvgIpc) is 2.60. The number of hydrogen-bond acceptors (Lipinski definition) is 1. The zero-order chi connectivity index (χ0) is 8.60. The Kier molecular flexibility index (Phi) is 2.16. The van der Waals surface area contributed by atoms with E-state index in [4.69, 9.17) is 0 Å². The van der Waals surface area contributed by atoms with E-state index in [1.54, 1.807) is 0 Å². The average molecular weight is 167 g/mol. The second-order valence-corrected chi connectivity index (χ2v) is 4.82. The van der Waals surface area contributed by atoms with Crippen molar-refractivity contribution in [3.8, 4) is 0 Å². The predicted molar refractivity (Wildman–Crippen MR) is 52.2 cm³/mol. The lowest BCUT2D eigenvalue weighted by Crippen LogP contribution is -2.28. The summed E-state index contributed by atoms with van der Waals surface area (Å²) in [6.45, 7) is 7.34. The lowest BCUT2D eigenvalue weighted by molar-refractivity contribution is 0.250. The summed E-state index contributed by atoms with van der Waals surface area (Å²) in [5.41, 5.74) is 0.759. The fourth-order valence-corrected chi connectivity index (χ4v) is 3.32. The largest absolute Gasteiger partial charge is 0.300 e. The van der Waals surface area contributed by atoms with E-state index in [0.29, 0.717) is 0 Å². The molecule has 1 heteroatoms. The van der Waals surface area contributed by atoms with Gasteiger partial charge in [-0.05, 0) is 38.1 Å². The lowest BCUT2D eigenvalue weighted by atomic mass is 9.84. The van der Waals surface area contributed by atoms with E-state index in [0.717, 1.165) is 11.5 Å². The Balaban J connectivity index is 2.03. The molecule has 0 aromatic carbocycles. The van der Waals surface area contributed by atoms with Crippen LogP contribution in [0.3, 0.4) is 0 Å². The molecule has 0 bridgehead atoms. The highest BCUT2D eigenvalue weighted by atomic mass is 15.2. The molecule has 1 nitrogen and oxygen atoms in total. The van der Waals surface area contributed by atoms with Gasteiger partial charge in [-0.1, -0.05) is 19.8 Å². The molecule has 1 heterocycles. The molecular formula is C11H21N. The molecule has 0 aromatic rings. The van der Waals surface area contributed by atoms with Gasteiger partial charge in [0, 0.05) is 12.6 Å². The monoisotopic (exact) mass is 167 g/mol. The Labute approximate surface area is 76.1 Å². The van der Waals surface area contributed by atoms with E-state index in [9.17, 15) is 0 Å². The third kappa shape index (κ3) is 1.28. The molecule has 0 aromatic heterocycles. The summed E-state index contributed by atoms with van der Waals surface area (Å²) in [5, 5.41) is 0. The molecule has 1 aliphatic carbocycles. The van der Waals surface area contributed by atoms with Crippen LogP contribution in [0.5, 0.6) is 0 Å². The molecule has 0 amide bonds. The van der Waals surface area contributed by atoms with E-state index in [1.807, 2.05) is 0 Å². The molecule has 1 saturated carbocycles. The maximum absolute atomic E-state index is 2.66. The molecule has 0 N–H and O–H groups in total. The molecular weight excluding hydrogens is 146 g/mol. The Morgan fingerprint density at radius 1 is 1.33 bits per heavy atom. The Hall–Kier alpha value is -0.0400. The van der Waals surface area contributed by atoms with Crippen LogP contribution in [0.15, 0.2) is 0 Å².